The van der Waals surface area contributed by atoms with E-state index in [1.165, 1.54) is 22.5 Å². The molecule has 1 aliphatic heterocycles. The third kappa shape index (κ3) is 5.66. The van der Waals surface area contributed by atoms with Gasteiger partial charge in [-0.05, 0) is 43.2 Å². The largest absolute Gasteiger partial charge is 0.490 e. The lowest BCUT2D eigenvalue weighted by atomic mass is 10.2. The number of amides is 1. The van der Waals surface area contributed by atoms with Crippen LogP contribution < -0.4 is 10.1 Å². The van der Waals surface area contributed by atoms with Crippen LogP contribution in [0.25, 0.3) is 0 Å². The second kappa shape index (κ2) is 10.5. The van der Waals surface area contributed by atoms with Gasteiger partial charge in [0.1, 0.15) is 12.4 Å². The number of hydrogen-bond acceptors (Lipinski definition) is 4. The lowest BCUT2D eigenvalue weighted by Gasteiger charge is -2.20. The number of rotatable bonds is 7. The Hall–Kier alpha value is -1.80. The van der Waals surface area contributed by atoms with Crippen molar-refractivity contribution < 1.29 is 17.9 Å². The topological polar surface area (TPSA) is 75.7 Å². The van der Waals surface area contributed by atoms with E-state index in [4.69, 9.17) is 27.9 Å². The Bertz CT molecular complexity index is 990. The van der Waals surface area contributed by atoms with Crippen molar-refractivity contribution in [3.63, 3.8) is 0 Å². The van der Waals surface area contributed by atoms with Crippen molar-refractivity contribution in [1.82, 2.24) is 9.62 Å². The second-order valence-electron chi connectivity index (χ2n) is 6.99. The number of carbonyl (C=O) groups excluding carboxylic acids is 1. The molecule has 1 amide bonds. The van der Waals surface area contributed by atoms with Crippen molar-refractivity contribution in [3.8, 4) is 5.75 Å². The minimum atomic E-state index is -3.67. The Morgan fingerprint density at radius 1 is 1.00 bits per heavy atom. The van der Waals surface area contributed by atoms with E-state index in [2.05, 4.69) is 5.32 Å². The van der Waals surface area contributed by atoms with Crippen LogP contribution in [0, 0.1) is 0 Å². The molecule has 0 bridgehead atoms. The molecular formula is C21H24Cl2N2O4S. The summed E-state index contributed by atoms with van der Waals surface area (Å²) in [5.41, 5.74) is 0.116. The quantitative estimate of drug-likeness (QED) is 0.609. The fraction of sp³-hybridized carbons (Fsp3) is 0.381. The van der Waals surface area contributed by atoms with Crippen LogP contribution in [-0.2, 0) is 10.0 Å². The van der Waals surface area contributed by atoms with Gasteiger partial charge < -0.3 is 10.1 Å². The molecule has 1 fully saturated rings. The average Bonchev–Trinajstić information content (AvgIpc) is 3.02. The highest BCUT2D eigenvalue weighted by molar-refractivity contribution is 7.89. The summed E-state index contributed by atoms with van der Waals surface area (Å²) >= 11 is 12.2. The maximum Gasteiger partial charge on any atom is 0.252 e. The predicted molar refractivity (Wildman–Crippen MR) is 118 cm³/mol. The van der Waals surface area contributed by atoms with Crippen LogP contribution in [0.3, 0.4) is 0 Å². The number of carbonyl (C=O) groups is 1. The number of nitrogens with zero attached hydrogens (tertiary/aromatic N) is 1. The Labute approximate surface area is 187 Å². The van der Waals surface area contributed by atoms with Crippen LogP contribution in [0.5, 0.6) is 5.75 Å². The fourth-order valence-corrected chi connectivity index (χ4v) is 5.19. The van der Waals surface area contributed by atoms with Gasteiger partial charge >= 0.3 is 0 Å². The Balaban J connectivity index is 1.65. The Morgan fingerprint density at radius 2 is 1.70 bits per heavy atom. The zero-order valence-corrected chi connectivity index (χ0v) is 18.8. The van der Waals surface area contributed by atoms with Crippen molar-refractivity contribution in [2.24, 2.45) is 0 Å². The van der Waals surface area contributed by atoms with Gasteiger partial charge in [-0.25, -0.2) is 8.42 Å². The summed E-state index contributed by atoms with van der Waals surface area (Å²) in [6.07, 6.45) is 3.73. The molecule has 0 spiro atoms. The zero-order chi connectivity index (χ0) is 21.6. The maximum atomic E-state index is 13.0. The summed E-state index contributed by atoms with van der Waals surface area (Å²) in [5, 5.41) is 3.37. The molecule has 2 aromatic rings. The summed E-state index contributed by atoms with van der Waals surface area (Å²) in [6, 6.07) is 11.3. The van der Waals surface area contributed by atoms with Gasteiger partial charge in [-0.3, -0.25) is 4.79 Å². The van der Waals surface area contributed by atoms with Gasteiger partial charge in [-0.15, -0.1) is 0 Å². The monoisotopic (exact) mass is 470 g/mol. The van der Waals surface area contributed by atoms with Gasteiger partial charge in [0, 0.05) is 13.1 Å². The van der Waals surface area contributed by atoms with E-state index in [-0.39, 0.29) is 28.6 Å². The summed E-state index contributed by atoms with van der Waals surface area (Å²) < 4.78 is 33.0. The van der Waals surface area contributed by atoms with Gasteiger partial charge in [0.15, 0.2) is 0 Å². The number of benzene rings is 2. The lowest BCUT2D eigenvalue weighted by Crippen LogP contribution is -2.32. The number of ether oxygens (including phenoxy) is 1. The summed E-state index contributed by atoms with van der Waals surface area (Å²) in [6.45, 7) is 1.40. The molecule has 0 unspecified atom stereocenters. The van der Waals surface area contributed by atoms with Gasteiger partial charge in [-0.1, -0.05) is 48.2 Å². The molecule has 2 aromatic carbocycles. The van der Waals surface area contributed by atoms with E-state index < -0.39 is 15.9 Å². The van der Waals surface area contributed by atoms with Crippen LogP contribution in [0.1, 0.15) is 36.0 Å². The second-order valence-corrected chi connectivity index (χ2v) is 9.75. The molecule has 1 saturated heterocycles. The molecule has 0 aliphatic carbocycles. The Morgan fingerprint density at radius 3 is 2.40 bits per heavy atom. The predicted octanol–water partition coefficient (Wildman–Crippen LogP) is 4.37. The summed E-state index contributed by atoms with van der Waals surface area (Å²) in [7, 11) is -3.67. The highest BCUT2D eigenvalue weighted by Crippen LogP contribution is 2.25. The fourth-order valence-electron chi connectivity index (χ4n) is 3.25. The van der Waals surface area contributed by atoms with E-state index in [0.717, 1.165) is 25.7 Å². The van der Waals surface area contributed by atoms with Crippen LogP contribution in [0.2, 0.25) is 10.0 Å². The zero-order valence-electron chi connectivity index (χ0n) is 16.4. The van der Waals surface area contributed by atoms with Crippen molar-refractivity contribution >= 4 is 39.1 Å². The smallest absolute Gasteiger partial charge is 0.252 e. The van der Waals surface area contributed by atoms with Crippen LogP contribution >= 0.6 is 23.2 Å². The molecule has 162 valence electrons. The minimum Gasteiger partial charge on any atom is -0.490 e. The molecule has 9 heteroatoms. The van der Waals surface area contributed by atoms with E-state index in [9.17, 15) is 13.2 Å². The normalized spacial score (nSPS) is 15.4. The summed E-state index contributed by atoms with van der Waals surface area (Å²) in [4.78, 5) is 12.6. The number of halogens is 2. The van der Waals surface area contributed by atoms with Gasteiger partial charge in [0.2, 0.25) is 10.0 Å². The van der Waals surface area contributed by atoms with Gasteiger partial charge in [0.25, 0.3) is 5.91 Å². The first kappa shape index (κ1) is 22.9. The van der Waals surface area contributed by atoms with Crippen molar-refractivity contribution in [1.29, 1.82) is 0 Å². The van der Waals surface area contributed by atoms with Gasteiger partial charge in [-0.2, -0.15) is 4.31 Å². The van der Waals surface area contributed by atoms with Crippen LogP contribution in [0.4, 0.5) is 0 Å². The molecule has 0 radical (unpaired) electrons. The molecule has 3 rings (SSSR count). The Kier molecular flexibility index (Phi) is 7.99. The first-order valence-electron chi connectivity index (χ1n) is 9.85. The van der Waals surface area contributed by atoms with E-state index in [0.29, 0.717) is 23.9 Å². The number of sulfonamides is 1. The minimum absolute atomic E-state index is 0.0752. The number of nitrogens with one attached hydrogen (secondary N) is 1. The average molecular weight is 471 g/mol. The summed E-state index contributed by atoms with van der Waals surface area (Å²) in [5.74, 6) is 0.0627. The molecule has 0 atom stereocenters. The molecule has 30 heavy (non-hydrogen) atoms. The number of para-hydroxylation sites is 1. The third-order valence-corrected chi connectivity index (χ3v) is 7.40. The van der Waals surface area contributed by atoms with E-state index >= 15 is 0 Å². The van der Waals surface area contributed by atoms with Crippen LogP contribution in [-0.4, -0.2) is 44.9 Å². The SMILES string of the molecule is O=C(NCCOc1ccccc1Cl)c1cc(S(=O)(=O)N2CCCCCC2)ccc1Cl. The van der Waals surface area contributed by atoms with Gasteiger partial charge in [0.05, 0.1) is 27.0 Å². The maximum absolute atomic E-state index is 13.0. The van der Waals surface area contributed by atoms with E-state index in [1.807, 2.05) is 0 Å². The first-order valence-corrected chi connectivity index (χ1v) is 12.0. The highest BCUT2D eigenvalue weighted by Gasteiger charge is 2.26. The highest BCUT2D eigenvalue weighted by atomic mass is 35.5. The molecule has 6 nitrogen and oxygen atoms in total. The molecular weight excluding hydrogens is 447 g/mol. The molecule has 0 saturated carbocycles. The lowest BCUT2D eigenvalue weighted by molar-refractivity contribution is 0.0947. The molecule has 1 aliphatic rings. The molecule has 1 heterocycles. The van der Waals surface area contributed by atoms with E-state index in [1.54, 1.807) is 24.3 Å². The standard InChI is InChI=1S/C21H24Cl2N2O4S/c22-18-10-9-16(30(27,28)25-12-5-1-2-6-13-25)15-17(18)21(26)24-11-14-29-20-8-4-3-7-19(20)23/h3-4,7-10,15H,1-2,5-6,11-14H2,(H,24,26). The van der Waals surface area contributed by atoms with Crippen LogP contribution in [0.15, 0.2) is 47.4 Å². The molecule has 1 N–H and O–H groups in total. The van der Waals surface area contributed by atoms with Crippen molar-refractivity contribution in [2.75, 3.05) is 26.2 Å². The third-order valence-electron chi connectivity index (χ3n) is 4.87. The molecule has 0 aromatic heterocycles. The van der Waals surface area contributed by atoms with Crippen molar-refractivity contribution in [3.05, 3.63) is 58.1 Å². The number of hydrogen-bond donors (Lipinski definition) is 1. The first-order chi connectivity index (χ1) is 14.4. The van der Waals surface area contributed by atoms with Crippen molar-refractivity contribution in [2.45, 2.75) is 30.6 Å².